The summed E-state index contributed by atoms with van der Waals surface area (Å²) in [6.45, 7) is 1.86. The number of rotatable bonds is 5. The van der Waals surface area contributed by atoms with E-state index in [1.165, 1.54) is 34.6 Å². The van der Waals surface area contributed by atoms with Crippen LogP contribution in [-0.2, 0) is 10.0 Å². The molecule has 1 heterocycles. The Kier molecular flexibility index (Phi) is 5.80. The fraction of sp³-hybridized carbons (Fsp3) is 0.294. The van der Waals surface area contributed by atoms with Crippen LogP contribution in [-0.4, -0.2) is 55.8 Å². The van der Waals surface area contributed by atoms with Gasteiger partial charge in [0.15, 0.2) is 0 Å². The van der Waals surface area contributed by atoms with Crippen molar-refractivity contribution in [3.8, 4) is 0 Å². The van der Waals surface area contributed by atoms with Crippen LogP contribution in [0.3, 0.4) is 0 Å². The van der Waals surface area contributed by atoms with Gasteiger partial charge in [0.2, 0.25) is 10.0 Å². The summed E-state index contributed by atoms with van der Waals surface area (Å²) in [5.41, 5.74) is -0.363. The van der Waals surface area contributed by atoms with Crippen LogP contribution < -0.4 is 0 Å². The van der Waals surface area contributed by atoms with E-state index in [1.54, 1.807) is 6.07 Å². The summed E-state index contributed by atoms with van der Waals surface area (Å²) < 4.78 is 40.8. The largest absolute Gasteiger partial charge is 0.304 e. The van der Waals surface area contributed by atoms with E-state index < -0.39 is 20.8 Å². The first kappa shape index (κ1) is 19.7. The van der Waals surface area contributed by atoms with Gasteiger partial charge in [0.1, 0.15) is 5.82 Å². The zero-order valence-corrected chi connectivity index (χ0v) is 16.2. The van der Waals surface area contributed by atoms with E-state index in [1.807, 2.05) is 11.9 Å². The summed E-state index contributed by atoms with van der Waals surface area (Å²) in [6, 6.07) is 9.68. The van der Waals surface area contributed by atoms with Crippen molar-refractivity contribution >= 4 is 27.5 Å². The van der Waals surface area contributed by atoms with Crippen molar-refractivity contribution in [2.45, 2.75) is 14.7 Å². The van der Waals surface area contributed by atoms with Gasteiger partial charge in [0, 0.05) is 37.1 Å². The summed E-state index contributed by atoms with van der Waals surface area (Å²) >= 11 is 0.893. The zero-order chi connectivity index (χ0) is 19.6. The third-order valence-corrected chi connectivity index (χ3v) is 7.29. The van der Waals surface area contributed by atoms with Crippen LogP contribution in [0.1, 0.15) is 0 Å². The minimum absolute atomic E-state index is 0.128. The van der Waals surface area contributed by atoms with Gasteiger partial charge in [-0.2, -0.15) is 4.31 Å². The minimum Gasteiger partial charge on any atom is -0.304 e. The highest BCUT2D eigenvalue weighted by atomic mass is 32.2. The number of benzene rings is 2. The smallest absolute Gasteiger partial charge is 0.284 e. The second-order valence-electron chi connectivity index (χ2n) is 6.13. The highest BCUT2D eigenvalue weighted by molar-refractivity contribution is 7.99. The van der Waals surface area contributed by atoms with Gasteiger partial charge >= 0.3 is 0 Å². The molecule has 0 N–H and O–H groups in total. The first-order valence-corrected chi connectivity index (χ1v) is 10.4. The molecule has 0 atom stereocenters. The molecule has 0 aliphatic carbocycles. The molecule has 2 aromatic carbocycles. The SMILES string of the molecule is CN1CCN(S(=O)(=O)c2ccc(Sc3ccccc3F)c([N+](=O)[O-])c2)CC1. The Bertz CT molecular complexity index is 960. The number of hydrogen-bond donors (Lipinski definition) is 0. The first-order valence-electron chi connectivity index (χ1n) is 8.18. The standard InChI is InChI=1S/C17H18FN3O4S2/c1-19-8-10-20(11-9-19)27(24,25)13-6-7-17(15(12-13)21(22)23)26-16-5-3-2-4-14(16)18/h2-7,12H,8-11H2,1H3. The van der Waals surface area contributed by atoms with Crippen molar-refractivity contribution in [3.05, 3.63) is 58.4 Å². The maximum Gasteiger partial charge on any atom is 0.284 e. The molecule has 0 radical (unpaired) electrons. The summed E-state index contributed by atoms with van der Waals surface area (Å²) in [5.74, 6) is -0.495. The third kappa shape index (κ3) is 4.29. The Labute approximate surface area is 161 Å². The van der Waals surface area contributed by atoms with E-state index in [2.05, 4.69) is 0 Å². The molecule has 0 unspecified atom stereocenters. The van der Waals surface area contributed by atoms with E-state index in [4.69, 9.17) is 0 Å². The van der Waals surface area contributed by atoms with E-state index in [0.717, 1.165) is 17.8 Å². The van der Waals surface area contributed by atoms with Gasteiger partial charge in [0.25, 0.3) is 5.69 Å². The second kappa shape index (κ2) is 7.93. The maximum atomic E-state index is 13.9. The van der Waals surface area contributed by atoms with Crippen LogP contribution in [0.2, 0.25) is 0 Å². The molecule has 0 saturated carbocycles. The van der Waals surface area contributed by atoms with E-state index in [0.29, 0.717) is 26.2 Å². The number of likely N-dealkylation sites (N-methyl/N-ethyl adjacent to an activating group) is 1. The number of halogens is 1. The van der Waals surface area contributed by atoms with Crippen LogP contribution in [0, 0.1) is 15.9 Å². The molecule has 0 aromatic heterocycles. The molecule has 1 fully saturated rings. The Balaban J connectivity index is 1.94. The summed E-state index contributed by atoms with van der Waals surface area (Å²) in [7, 11) is -1.91. The van der Waals surface area contributed by atoms with Crippen LogP contribution in [0.5, 0.6) is 0 Å². The van der Waals surface area contributed by atoms with Crippen LogP contribution in [0.15, 0.2) is 57.2 Å². The summed E-state index contributed by atoms with van der Waals surface area (Å²) in [6.07, 6.45) is 0. The Morgan fingerprint density at radius 2 is 1.74 bits per heavy atom. The predicted molar refractivity (Wildman–Crippen MR) is 99.9 cm³/mol. The molecule has 1 saturated heterocycles. The lowest BCUT2D eigenvalue weighted by molar-refractivity contribution is -0.388. The molecule has 0 spiro atoms. The minimum atomic E-state index is -3.82. The molecule has 1 aliphatic heterocycles. The van der Waals surface area contributed by atoms with Crippen molar-refractivity contribution < 1.29 is 17.7 Å². The lowest BCUT2D eigenvalue weighted by Crippen LogP contribution is -2.47. The second-order valence-corrected chi connectivity index (χ2v) is 9.15. The number of nitro groups is 1. The normalized spacial score (nSPS) is 16.4. The molecule has 3 rings (SSSR count). The van der Waals surface area contributed by atoms with Crippen LogP contribution in [0.25, 0.3) is 0 Å². The van der Waals surface area contributed by atoms with E-state index in [9.17, 15) is 22.9 Å². The molecule has 0 amide bonds. The highest BCUT2D eigenvalue weighted by Gasteiger charge is 2.29. The maximum absolute atomic E-state index is 13.9. The average molecular weight is 411 g/mol. The van der Waals surface area contributed by atoms with Gasteiger partial charge in [0.05, 0.1) is 14.7 Å². The van der Waals surface area contributed by atoms with E-state index in [-0.39, 0.29) is 20.4 Å². The monoisotopic (exact) mass is 411 g/mol. The lowest BCUT2D eigenvalue weighted by Gasteiger charge is -2.31. The van der Waals surface area contributed by atoms with Crippen molar-refractivity contribution in [1.82, 2.24) is 9.21 Å². The average Bonchev–Trinajstić information content (AvgIpc) is 2.64. The van der Waals surface area contributed by atoms with Gasteiger partial charge in [-0.15, -0.1) is 0 Å². The number of hydrogen-bond acceptors (Lipinski definition) is 6. The molecular weight excluding hydrogens is 393 g/mol. The zero-order valence-electron chi connectivity index (χ0n) is 14.5. The van der Waals surface area contributed by atoms with Gasteiger partial charge in [-0.3, -0.25) is 10.1 Å². The fourth-order valence-corrected chi connectivity index (χ4v) is 5.08. The third-order valence-electron chi connectivity index (χ3n) is 4.28. The summed E-state index contributed by atoms with van der Waals surface area (Å²) in [4.78, 5) is 13.1. The number of nitro benzene ring substituents is 1. The number of piperazine rings is 1. The lowest BCUT2D eigenvalue weighted by atomic mass is 10.3. The Hall–Kier alpha value is -2.01. The van der Waals surface area contributed by atoms with Crippen molar-refractivity contribution in [3.63, 3.8) is 0 Å². The number of nitrogens with zero attached hydrogens (tertiary/aromatic N) is 3. The molecule has 2 aromatic rings. The molecule has 0 bridgehead atoms. The topological polar surface area (TPSA) is 83.8 Å². The van der Waals surface area contributed by atoms with Gasteiger partial charge in [-0.1, -0.05) is 23.9 Å². The molecule has 144 valence electrons. The molecule has 7 nitrogen and oxygen atoms in total. The quantitative estimate of drug-likeness (QED) is 0.556. The fourth-order valence-electron chi connectivity index (χ4n) is 2.71. The summed E-state index contributed by atoms with van der Waals surface area (Å²) in [5, 5.41) is 11.5. The van der Waals surface area contributed by atoms with Gasteiger partial charge in [-0.25, -0.2) is 12.8 Å². The van der Waals surface area contributed by atoms with Crippen molar-refractivity contribution in [1.29, 1.82) is 0 Å². The van der Waals surface area contributed by atoms with Gasteiger partial charge < -0.3 is 4.90 Å². The predicted octanol–water partition coefficient (Wildman–Crippen LogP) is 2.82. The molecular formula is C17H18FN3O4S2. The Morgan fingerprint density at radius 1 is 1.07 bits per heavy atom. The van der Waals surface area contributed by atoms with Crippen LogP contribution >= 0.6 is 11.8 Å². The van der Waals surface area contributed by atoms with Crippen molar-refractivity contribution in [2.75, 3.05) is 33.2 Å². The van der Waals surface area contributed by atoms with Crippen molar-refractivity contribution in [2.24, 2.45) is 0 Å². The molecule has 10 heteroatoms. The van der Waals surface area contributed by atoms with E-state index >= 15 is 0 Å². The van der Waals surface area contributed by atoms with Crippen LogP contribution in [0.4, 0.5) is 10.1 Å². The first-order chi connectivity index (χ1) is 12.8. The highest BCUT2D eigenvalue weighted by Crippen LogP contribution is 2.37. The number of sulfonamides is 1. The Morgan fingerprint density at radius 3 is 2.37 bits per heavy atom. The molecule has 27 heavy (non-hydrogen) atoms. The van der Waals surface area contributed by atoms with Gasteiger partial charge in [-0.05, 0) is 31.3 Å². The molecule has 1 aliphatic rings.